The number of rotatable bonds is 2. The standard InChI is InChI=1S/C17H12FN5O3S2/c1-28(25,26)17-21-27-16-20-15(24)13(14(19)23(16)17)9-12-6-3-7-22(12)11-5-2-4-10(18)8-11/h2-9,19H,1H3/b13-9-,19-14?. The molecule has 0 fully saturated rings. The van der Waals surface area contributed by atoms with Crippen LogP contribution in [0.5, 0.6) is 0 Å². The van der Waals surface area contributed by atoms with Crippen molar-refractivity contribution in [3.8, 4) is 5.69 Å². The number of amidine groups is 3. The molecule has 8 nitrogen and oxygen atoms in total. The van der Waals surface area contributed by atoms with Crippen LogP contribution in [0.3, 0.4) is 0 Å². The molecule has 28 heavy (non-hydrogen) atoms. The highest BCUT2D eigenvalue weighted by Gasteiger charge is 2.41. The molecule has 0 atom stereocenters. The maximum absolute atomic E-state index is 13.6. The quantitative estimate of drug-likeness (QED) is 0.596. The molecule has 0 saturated heterocycles. The number of nitrogens with one attached hydrogen (secondary N) is 1. The molecule has 11 heteroatoms. The number of fused-ring (bicyclic) bond motifs is 1. The van der Waals surface area contributed by atoms with E-state index in [4.69, 9.17) is 5.41 Å². The highest BCUT2D eigenvalue weighted by atomic mass is 32.2. The molecule has 0 aliphatic carbocycles. The molecule has 0 spiro atoms. The van der Waals surface area contributed by atoms with Crippen molar-refractivity contribution in [3.63, 3.8) is 0 Å². The number of aromatic nitrogens is 1. The summed E-state index contributed by atoms with van der Waals surface area (Å²) in [7, 11) is -3.72. The summed E-state index contributed by atoms with van der Waals surface area (Å²) in [5, 5.41) is 8.03. The molecule has 1 aromatic heterocycles. The Labute approximate surface area is 163 Å². The van der Waals surface area contributed by atoms with Crippen molar-refractivity contribution in [3.05, 3.63) is 59.7 Å². The lowest BCUT2D eigenvalue weighted by molar-refractivity contribution is -0.114. The zero-order valence-electron chi connectivity index (χ0n) is 14.3. The van der Waals surface area contributed by atoms with Gasteiger partial charge in [-0.2, -0.15) is 9.39 Å². The van der Waals surface area contributed by atoms with Gasteiger partial charge in [-0.1, -0.05) is 6.07 Å². The first kappa shape index (κ1) is 18.3. The second kappa shape index (κ2) is 6.53. The highest BCUT2D eigenvalue weighted by molar-refractivity contribution is 8.16. The molecule has 1 N–H and O–H groups in total. The number of hydrogen-bond donors (Lipinski definition) is 1. The van der Waals surface area contributed by atoms with Crippen molar-refractivity contribution in [2.45, 2.75) is 0 Å². The topological polar surface area (TPSA) is 108 Å². The summed E-state index contributed by atoms with van der Waals surface area (Å²) < 4.78 is 42.9. The van der Waals surface area contributed by atoms with Gasteiger partial charge in [0.15, 0.2) is 0 Å². The SMILES string of the molecule is CS(=O)(=O)C1=NSC2=NC(=O)/C(=C\c3cccn3-c3cccc(F)c3)C(=N)N21. The first-order valence-corrected chi connectivity index (χ1v) is 10.5. The number of hydrogen-bond acceptors (Lipinski definition) is 6. The van der Waals surface area contributed by atoms with Crippen LogP contribution in [-0.2, 0) is 14.6 Å². The fourth-order valence-electron chi connectivity index (χ4n) is 2.76. The van der Waals surface area contributed by atoms with Crippen LogP contribution in [-0.4, -0.2) is 46.2 Å². The summed E-state index contributed by atoms with van der Waals surface area (Å²) >= 11 is 0.729. The molecule has 0 bridgehead atoms. The average Bonchev–Trinajstić information content (AvgIpc) is 3.25. The second-order valence-electron chi connectivity index (χ2n) is 5.96. The lowest BCUT2D eigenvalue weighted by Crippen LogP contribution is -2.45. The highest BCUT2D eigenvalue weighted by Crippen LogP contribution is 2.30. The maximum atomic E-state index is 13.6. The Hall–Kier alpha value is -3.05. The van der Waals surface area contributed by atoms with E-state index in [0.29, 0.717) is 11.4 Å². The minimum absolute atomic E-state index is 0.0214. The van der Waals surface area contributed by atoms with Gasteiger partial charge in [0.2, 0.25) is 20.2 Å². The first-order valence-electron chi connectivity index (χ1n) is 7.88. The molecular formula is C17H12FN5O3S2. The minimum Gasteiger partial charge on any atom is -0.317 e. The number of sulfone groups is 1. The Bertz CT molecular complexity index is 1230. The number of halogens is 1. The van der Waals surface area contributed by atoms with E-state index in [2.05, 4.69) is 9.39 Å². The normalized spacial score (nSPS) is 18.4. The summed E-state index contributed by atoms with van der Waals surface area (Å²) in [5.74, 6) is -1.43. The Balaban J connectivity index is 1.78. The summed E-state index contributed by atoms with van der Waals surface area (Å²) in [6, 6.07) is 9.29. The van der Waals surface area contributed by atoms with Gasteiger partial charge in [-0.3, -0.25) is 10.2 Å². The Morgan fingerprint density at radius 1 is 1.25 bits per heavy atom. The maximum Gasteiger partial charge on any atom is 0.283 e. The molecule has 0 unspecified atom stereocenters. The summed E-state index contributed by atoms with van der Waals surface area (Å²) in [6.07, 6.45) is 4.07. The molecular weight excluding hydrogens is 405 g/mol. The zero-order chi connectivity index (χ0) is 20.1. The third-order valence-electron chi connectivity index (χ3n) is 3.98. The number of aliphatic imine (C=N–C) groups is 1. The molecule has 2 aliphatic heterocycles. The molecule has 1 aromatic carbocycles. The van der Waals surface area contributed by atoms with Gasteiger partial charge in [0.05, 0.1) is 17.5 Å². The summed E-state index contributed by atoms with van der Waals surface area (Å²) in [6.45, 7) is 0. The van der Waals surface area contributed by atoms with Crippen LogP contribution in [0.2, 0.25) is 0 Å². The lowest BCUT2D eigenvalue weighted by atomic mass is 10.1. The second-order valence-corrected chi connectivity index (χ2v) is 8.60. The molecule has 3 heterocycles. The van der Waals surface area contributed by atoms with Crippen molar-refractivity contribution in [2.75, 3.05) is 6.26 Å². The molecule has 142 valence electrons. The summed E-state index contributed by atoms with van der Waals surface area (Å²) in [5.41, 5.74) is 0.937. The number of nitrogens with zero attached hydrogens (tertiary/aromatic N) is 4. The van der Waals surface area contributed by atoms with Crippen LogP contribution in [0, 0.1) is 11.2 Å². The monoisotopic (exact) mass is 417 g/mol. The van der Waals surface area contributed by atoms with Crippen LogP contribution >= 0.6 is 11.9 Å². The molecule has 2 aliphatic rings. The van der Waals surface area contributed by atoms with Gasteiger partial charge in [-0.25, -0.2) is 17.7 Å². The summed E-state index contributed by atoms with van der Waals surface area (Å²) in [4.78, 5) is 17.3. The van der Waals surface area contributed by atoms with E-state index >= 15 is 0 Å². The average molecular weight is 417 g/mol. The van der Waals surface area contributed by atoms with E-state index in [1.807, 2.05) is 0 Å². The number of carbonyl (C=O) groups excluding carboxylic acids is 1. The van der Waals surface area contributed by atoms with E-state index in [0.717, 1.165) is 23.1 Å². The Morgan fingerprint density at radius 3 is 2.75 bits per heavy atom. The van der Waals surface area contributed by atoms with Gasteiger partial charge in [-0.15, -0.1) is 0 Å². The van der Waals surface area contributed by atoms with E-state index in [9.17, 15) is 17.6 Å². The third-order valence-corrected chi connectivity index (χ3v) is 5.74. The predicted molar refractivity (Wildman–Crippen MR) is 106 cm³/mol. The first-order chi connectivity index (χ1) is 13.3. The van der Waals surface area contributed by atoms with Gasteiger partial charge < -0.3 is 4.57 Å². The Kier molecular flexibility index (Phi) is 4.27. The largest absolute Gasteiger partial charge is 0.317 e. The van der Waals surface area contributed by atoms with Crippen LogP contribution in [0.1, 0.15) is 5.69 Å². The van der Waals surface area contributed by atoms with Gasteiger partial charge in [0.1, 0.15) is 11.7 Å². The van der Waals surface area contributed by atoms with Crippen LogP contribution < -0.4 is 0 Å². The fourth-order valence-corrected chi connectivity index (χ4v) is 4.60. The van der Waals surface area contributed by atoms with E-state index in [-0.39, 0.29) is 21.7 Å². The Morgan fingerprint density at radius 2 is 2.04 bits per heavy atom. The van der Waals surface area contributed by atoms with Gasteiger partial charge in [0, 0.05) is 23.8 Å². The van der Waals surface area contributed by atoms with Gasteiger partial charge in [0.25, 0.3) is 5.91 Å². The van der Waals surface area contributed by atoms with Crippen LogP contribution in [0.15, 0.2) is 57.6 Å². The molecule has 2 aromatic rings. The zero-order valence-corrected chi connectivity index (χ0v) is 16.0. The van der Waals surface area contributed by atoms with Gasteiger partial charge >= 0.3 is 0 Å². The molecule has 1 amide bonds. The fraction of sp³-hybridized carbons (Fsp3) is 0.0588. The van der Waals surface area contributed by atoms with E-state index in [1.165, 1.54) is 18.2 Å². The van der Waals surface area contributed by atoms with E-state index in [1.54, 1.807) is 35.0 Å². The smallest absolute Gasteiger partial charge is 0.283 e. The van der Waals surface area contributed by atoms with Crippen molar-refractivity contribution in [1.82, 2.24) is 9.47 Å². The van der Waals surface area contributed by atoms with E-state index < -0.39 is 21.6 Å². The molecule has 4 rings (SSSR count). The number of benzene rings is 1. The van der Waals surface area contributed by atoms with Crippen molar-refractivity contribution in [1.29, 1.82) is 5.41 Å². The molecule has 0 saturated carbocycles. The predicted octanol–water partition coefficient (Wildman–Crippen LogP) is 2.24. The van der Waals surface area contributed by atoms with Crippen molar-refractivity contribution in [2.24, 2.45) is 9.39 Å². The number of carbonyl (C=O) groups is 1. The van der Waals surface area contributed by atoms with Crippen molar-refractivity contribution < 1.29 is 17.6 Å². The number of amides is 1. The van der Waals surface area contributed by atoms with Crippen LogP contribution in [0.4, 0.5) is 4.39 Å². The van der Waals surface area contributed by atoms with Crippen molar-refractivity contribution >= 4 is 49.9 Å². The van der Waals surface area contributed by atoms with Crippen LogP contribution in [0.25, 0.3) is 11.8 Å². The third kappa shape index (κ3) is 3.08. The lowest BCUT2D eigenvalue weighted by Gasteiger charge is -2.23. The minimum atomic E-state index is -3.72. The van der Waals surface area contributed by atoms with Gasteiger partial charge in [-0.05, 0) is 36.4 Å². The molecule has 0 radical (unpaired) electrons.